The first-order valence-electron chi connectivity index (χ1n) is 10.0. The summed E-state index contributed by atoms with van der Waals surface area (Å²) in [5.74, 6) is 0. The summed E-state index contributed by atoms with van der Waals surface area (Å²) in [5.41, 5.74) is 6.31. The van der Waals surface area contributed by atoms with Crippen molar-refractivity contribution in [2.45, 2.75) is 62.9 Å². The fourth-order valence-electron chi connectivity index (χ4n) is 4.42. The van der Waals surface area contributed by atoms with E-state index in [0.29, 0.717) is 0 Å². The molecule has 0 heterocycles. The first-order valence-corrected chi connectivity index (χ1v) is 10.9. The van der Waals surface area contributed by atoms with Gasteiger partial charge in [0.05, 0.1) is 17.2 Å². The Kier molecular flexibility index (Phi) is 5.28. The molecule has 2 aliphatic carbocycles. The Morgan fingerprint density at radius 1 is 1.03 bits per heavy atom. The molecule has 0 unspecified atom stereocenters. The molecule has 0 bridgehead atoms. The summed E-state index contributed by atoms with van der Waals surface area (Å²) >= 11 is 1.25. The fraction of sp³-hybridized carbons (Fsp3) is 0.391. The predicted molar refractivity (Wildman–Crippen MR) is 115 cm³/mol. The van der Waals surface area contributed by atoms with E-state index in [1.54, 1.807) is 13.8 Å². The van der Waals surface area contributed by atoms with Crippen LogP contribution in [-0.4, -0.2) is 11.1 Å². The topological polar surface area (TPSA) is 85.2 Å². The monoisotopic (exact) mass is 407 g/mol. The van der Waals surface area contributed by atoms with Crippen LogP contribution in [-0.2, 0) is 31.3 Å². The second kappa shape index (κ2) is 7.74. The lowest BCUT2D eigenvalue weighted by Crippen LogP contribution is -2.24. The number of hydrogen-bond acceptors (Lipinski definition) is 4. The minimum absolute atomic E-state index is 0.255. The quantitative estimate of drug-likeness (QED) is 0.647. The number of rotatable bonds is 4. The fourth-order valence-corrected chi connectivity index (χ4v) is 4.95. The Hall–Kier alpha value is -2.49. The molecule has 0 spiro atoms. The Labute approximate surface area is 175 Å². The Morgan fingerprint density at radius 3 is 2.10 bits per heavy atom. The van der Waals surface area contributed by atoms with Gasteiger partial charge in [0.1, 0.15) is 0 Å². The second-order valence-corrected chi connectivity index (χ2v) is 9.10. The van der Waals surface area contributed by atoms with Crippen LogP contribution in [0.25, 0.3) is 0 Å². The van der Waals surface area contributed by atoms with Crippen LogP contribution in [0.5, 0.6) is 0 Å². The number of hydrogen-bond donors (Lipinski definition) is 3. The van der Waals surface area contributed by atoms with Crippen LogP contribution < -0.4 is 10.0 Å². The van der Waals surface area contributed by atoms with Gasteiger partial charge in [-0.1, -0.05) is 12.1 Å². The van der Waals surface area contributed by atoms with E-state index < -0.39 is 5.60 Å². The molecule has 6 heteroatoms. The van der Waals surface area contributed by atoms with Crippen LogP contribution in [0.3, 0.4) is 0 Å². The smallest absolute Gasteiger partial charge is 0.329 e. The lowest BCUT2D eigenvalue weighted by molar-refractivity contribution is 0.0785. The molecule has 0 aromatic heterocycles. The molecule has 0 saturated carbocycles. The normalized spacial score (nSPS) is 14.8. The highest BCUT2D eigenvalue weighted by Gasteiger charge is 2.29. The molecule has 0 atom stereocenters. The third-order valence-corrected chi connectivity index (χ3v) is 6.61. The molecule has 2 amide bonds. The zero-order chi connectivity index (χ0) is 20.6. The minimum atomic E-state index is -0.885. The van der Waals surface area contributed by atoms with Crippen molar-refractivity contribution in [2.24, 2.45) is 0 Å². The highest BCUT2D eigenvalue weighted by molar-refractivity contribution is 7.98. The van der Waals surface area contributed by atoms with Gasteiger partial charge in [0.2, 0.25) is 0 Å². The van der Waals surface area contributed by atoms with Gasteiger partial charge < -0.3 is 10.4 Å². The van der Waals surface area contributed by atoms with Crippen LogP contribution in [0.15, 0.2) is 29.2 Å². The first kappa shape index (κ1) is 19.8. The molecule has 2 aromatic carbocycles. The summed E-state index contributed by atoms with van der Waals surface area (Å²) in [6.07, 6.45) is 5.74. The SMILES string of the molecule is CC(C)(O)c1ccc(SNC(=O)Nc2c3c(c(C#N)c4c2CCC4)CCC3)cc1. The first-order chi connectivity index (χ1) is 13.9. The van der Waals surface area contributed by atoms with Crippen molar-refractivity contribution in [3.63, 3.8) is 0 Å². The number of anilines is 1. The van der Waals surface area contributed by atoms with Crippen LogP contribution in [0, 0.1) is 11.3 Å². The van der Waals surface area contributed by atoms with E-state index in [1.807, 2.05) is 24.3 Å². The number of nitriles is 1. The van der Waals surface area contributed by atoms with E-state index >= 15 is 0 Å². The predicted octanol–water partition coefficient (Wildman–Crippen LogP) is 4.59. The Bertz CT molecular complexity index is 966. The van der Waals surface area contributed by atoms with Gasteiger partial charge in [-0.05, 0) is 104 Å². The van der Waals surface area contributed by atoms with Crippen molar-refractivity contribution < 1.29 is 9.90 Å². The Balaban J connectivity index is 1.49. The number of fused-ring (bicyclic) bond motifs is 2. The van der Waals surface area contributed by atoms with E-state index in [1.165, 1.54) is 11.9 Å². The zero-order valence-electron chi connectivity index (χ0n) is 16.8. The number of benzene rings is 2. The molecule has 2 aliphatic rings. The number of carbonyl (C=O) groups excluding carboxylic acids is 1. The van der Waals surface area contributed by atoms with E-state index in [2.05, 4.69) is 16.1 Å². The van der Waals surface area contributed by atoms with Gasteiger partial charge in [-0.2, -0.15) is 5.26 Å². The number of carbonyl (C=O) groups is 1. The Morgan fingerprint density at radius 2 is 1.59 bits per heavy atom. The molecular weight excluding hydrogens is 382 g/mol. The van der Waals surface area contributed by atoms with Crippen molar-refractivity contribution in [2.75, 3.05) is 5.32 Å². The van der Waals surface area contributed by atoms with E-state index in [4.69, 9.17) is 0 Å². The van der Waals surface area contributed by atoms with Gasteiger partial charge in [-0.3, -0.25) is 4.72 Å². The molecule has 0 aliphatic heterocycles. The van der Waals surface area contributed by atoms with Gasteiger partial charge >= 0.3 is 6.03 Å². The summed E-state index contributed by atoms with van der Waals surface area (Å²) < 4.78 is 2.86. The zero-order valence-corrected chi connectivity index (χ0v) is 17.6. The van der Waals surface area contributed by atoms with Gasteiger partial charge in [0.25, 0.3) is 0 Å². The van der Waals surface area contributed by atoms with Crippen molar-refractivity contribution in [1.82, 2.24) is 4.72 Å². The van der Waals surface area contributed by atoms with Crippen LogP contribution in [0.4, 0.5) is 10.5 Å². The number of urea groups is 1. The summed E-state index contributed by atoms with van der Waals surface area (Å²) in [5, 5.41) is 22.8. The van der Waals surface area contributed by atoms with E-state index in [-0.39, 0.29) is 6.03 Å². The maximum atomic E-state index is 12.6. The van der Waals surface area contributed by atoms with Gasteiger partial charge in [-0.15, -0.1) is 0 Å². The average molecular weight is 408 g/mol. The maximum Gasteiger partial charge on any atom is 0.329 e. The van der Waals surface area contributed by atoms with E-state index in [9.17, 15) is 15.2 Å². The molecule has 150 valence electrons. The number of amides is 2. The third-order valence-electron chi connectivity index (χ3n) is 5.82. The van der Waals surface area contributed by atoms with Crippen molar-refractivity contribution >= 4 is 23.7 Å². The van der Waals surface area contributed by atoms with Crippen LogP contribution >= 0.6 is 11.9 Å². The minimum Gasteiger partial charge on any atom is -0.386 e. The summed E-state index contributed by atoms with van der Waals surface area (Å²) in [6, 6.07) is 9.66. The van der Waals surface area contributed by atoms with Crippen molar-refractivity contribution in [1.29, 1.82) is 5.26 Å². The number of aliphatic hydroxyl groups is 1. The number of nitrogens with zero attached hydrogens (tertiary/aromatic N) is 1. The van der Waals surface area contributed by atoms with Gasteiger partial charge in [-0.25, -0.2) is 4.79 Å². The summed E-state index contributed by atoms with van der Waals surface area (Å²) in [4.78, 5) is 13.5. The van der Waals surface area contributed by atoms with E-state index in [0.717, 1.165) is 82.5 Å². The highest BCUT2D eigenvalue weighted by atomic mass is 32.2. The van der Waals surface area contributed by atoms with Gasteiger partial charge in [0.15, 0.2) is 0 Å². The van der Waals surface area contributed by atoms with Crippen molar-refractivity contribution in [3.05, 3.63) is 57.6 Å². The van der Waals surface area contributed by atoms with Crippen LogP contribution in [0.2, 0.25) is 0 Å². The molecule has 0 saturated heterocycles. The molecule has 0 radical (unpaired) electrons. The maximum absolute atomic E-state index is 12.6. The molecule has 3 N–H and O–H groups in total. The van der Waals surface area contributed by atoms with Crippen LogP contribution in [0.1, 0.15) is 60.1 Å². The second-order valence-electron chi connectivity index (χ2n) is 8.22. The summed E-state index contributed by atoms with van der Waals surface area (Å²) in [7, 11) is 0. The molecule has 29 heavy (non-hydrogen) atoms. The lowest BCUT2D eigenvalue weighted by Gasteiger charge is -2.18. The number of nitrogens with one attached hydrogen (secondary N) is 2. The standard InChI is InChI=1S/C23H25N3O2S/c1-23(2,28)14-9-11-15(12-10-14)29-26-22(27)25-21-18-7-3-5-16(18)20(13-24)17-6-4-8-19(17)21/h9-12,28H,3-8H2,1-2H3,(H2,25,26,27). The largest absolute Gasteiger partial charge is 0.386 e. The molecule has 4 rings (SSSR count). The van der Waals surface area contributed by atoms with Gasteiger partial charge in [0, 0.05) is 10.6 Å². The molecule has 0 fully saturated rings. The molecule has 5 nitrogen and oxygen atoms in total. The van der Waals surface area contributed by atoms with Crippen molar-refractivity contribution in [3.8, 4) is 6.07 Å². The molecular formula is C23H25N3O2S. The third kappa shape index (κ3) is 3.85. The lowest BCUT2D eigenvalue weighted by atomic mass is 9.93. The molecule has 2 aromatic rings. The highest BCUT2D eigenvalue weighted by Crippen LogP contribution is 2.41. The summed E-state index contributed by atoms with van der Waals surface area (Å²) in [6.45, 7) is 3.49. The average Bonchev–Trinajstić information content (AvgIpc) is 3.36.